The Morgan fingerprint density at radius 2 is 2.24 bits per heavy atom. The van der Waals surface area contributed by atoms with Gasteiger partial charge in [0.1, 0.15) is 5.75 Å². The number of aromatic nitrogens is 2. The van der Waals surface area contributed by atoms with Crippen molar-refractivity contribution in [2.75, 3.05) is 12.4 Å². The summed E-state index contributed by atoms with van der Waals surface area (Å²) in [6, 6.07) is 3.83. The lowest BCUT2D eigenvalue weighted by atomic mass is 9.97. The SMILES string of the molecule is COc1cc(F)c([N+](=O)[O-])cc1Nc1nccc(C2C=CC=CC2)n1. The Labute approximate surface area is 143 Å². The molecule has 1 N–H and O–H groups in total. The number of hydrogen-bond acceptors (Lipinski definition) is 6. The summed E-state index contributed by atoms with van der Waals surface area (Å²) < 4.78 is 18.8. The molecule has 1 heterocycles. The third kappa shape index (κ3) is 3.63. The number of halogens is 1. The number of anilines is 2. The number of allylic oxidation sites excluding steroid dienone is 4. The minimum absolute atomic E-state index is 0.123. The van der Waals surface area contributed by atoms with Crippen molar-refractivity contribution in [2.24, 2.45) is 0 Å². The van der Waals surface area contributed by atoms with E-state index in [1.807, 2.05) is 30.4 Å². The van der Waals surface area contributed by atoms with Gasteiger partial charge in [-0.25, -0.2) is 9.97 Å². The first-order chi connectivity index (χ1) is 12.1. The molecule has 8 heteroatoms. The predicted octanol–water partition coefficient (Wildman–Crippen LogP) is 3.88. The molecule has 0 bridgehead atoms. The van der Waals surface area contributed by atoms with Gasteiger partial charge in [0, 0.05) is 24.2 Å². The van der Waals surface area contributed by atoms with E-state index in [0.717, 1.165) is 24.2 Å². The lowest BCUT2D eigenvalue weighted by Crippen LogP contribution is -2.05. The van der Waals surface area contributed by atoms with Crippen molar-refractivity contribution in [1.82, 2.24) is 9.97 Å². The molecule has 1 unspecified atom stereocenters. The second kappa shape index (κ2) is 7.08. The van der Waals surface area contributed by atoms with E-state index in [9.17, 15) is 14.5 Å². The number of nitro benzene ring substituents is 1. The monoisotopic (exact) mass is 342 g/mol. The first-order valence-electron chi connectivity index (χ1n) is 7.53. The average Bonchev–Trinajstić information content (AvgIpc) is 2.63. The molecule has 0 saturated carbocycles. The van der Waals surface area contributed by atoms with Crippen LogP contribution in [0.1, 0.15) is 18.0 Å². The van der Waals surface area contributed by atoms with E-state index in [4.69, 9.17) is 4.74 Å². The van der Waals surface area contributed by atoms with Crippen LogP contribution in [0.2, 0.25) is 0 Å². The molecule has 1 aromatic carbocycles. The second-order valence-corrected chi connectivity index (χ2v) is 5.35. The molecule has 0 amide bonds. The Hall–Kier alpha value is -3.29. The molecule has 0 saturated heterocycles. The van der Waals surface area contributed by atoms with Crippen molar-refractivity contribution in [3.63, 3.8) is 0 Å². The molecule has 0 spiro atoms. The molecule has 25 heavy (non-hydrogen) atoms. The van der Waals surface area contributed by atoms with Gasteiger partial charge in [-0.15, -0.1) is 0 Å². The first-order valence-corrected chi connectivity index (χ1v) is 7.53. The van der Waals surface area contributed by atoms with Crippen LogP contribution >= 0.6 is 0 Å². The van der Waals surface area contributed by atoms with Crippen molar-refractivity contribution >= 4 is 17.3 Å². The van der Waals surface area contributed by atoms with E-state index in [1.165, 1.54) is 7.11 Å². The number of methoxy groups -OCH3 is 1. The summed E-state index contributed by atoms with van der Waals surface area (Å²) >= 11 is 0. The van der Waals surface area contributed by atoms with Gasteiger partial charge in [-0.3, -0.25) is 10.1 Å². The molecule has 128 valence electrons. The molecule has 3 rings (SSSR count). The van der Waals surface area contributed by atoms with Gasteiger partial charge in [0.25, 0.3) is 0 Å². The number of nitro groups is 1. The predicted molar refractivity (Wildman–Crippen MR) is 90.6 cm³/mol. The number of rotatable bonds is 5. The van der Waals surface area contributed by atoms with Crippen molar-refractivity contribution in [3.05, 3.63) is 70.3 Å². The zero-order valence-electron chi connectivity index (χ0n) is 13.3. The van der Waals surface area contributed by atoms with Crippen molar-refractivity contribution < 1.29 is 14.1 Å². The lowest BCUT2D eigenvalue weighted by molar-refractivity contribution is -0.387. The largest absolute Gasteiger partial charge is 0.494 e. The van der Waals surface area contributed by atoms with Gasteiger partial charge in [-0.2, -0.15) is 4.39 Å². The van der Waals surface area contributed by atoms with Gasteiger partial charge in [0.2, 0.25) is 11.8 Å². The topological polar surface area (TPSA) is 90.2 Å². The van der Waals surface area contributed by atoms with Gasteiger partial charge in [0.15, 0.2) is 0 Å². The lowest BCUT2D eigenvalue weighted by Gasteiger charge is -2.14. The Kier molecular flexibility index (Phi) is 4.69. The van der Waals surface area contributed by atoms with Crippen LogP contribution < -0.4 is 10.1 Å². The van der Waals surface area contributed by atoms with Crippen LogP contribution in [0, 0.1) is 15.9 Å². The summed E-state index contributed by atoms with van der Waals surface area (Å²) in [7, 11) is 1.35. The minimum Gasteiger partial charge on any atom is -0.494 e. The fourth-order valence-corrected chi connectivity index (χ4v) is 2.51. The van der Waals surface area contributed by atoms with Gasteiger partial charge in [-0.05, 0) is 12.5 Å². The molecule has 0 aliphatic heterocycles. The summed E-state index contributed by atoms with van der Waals surface area (Å²) in [5.41, 5.74) is 0.375. The Morgan fingerprint density at radius 1 is 1.40 bits per heavy atom. The van der Waals surface area contributed by atoms with Crippen LogP contribution in [0.15, 0.2) is 48.7 Å². The number of nitrogens with one attached hydrogen (secondary N) is 1. The third-order valence-electron chi connectivity index (χ3n) is 3.75. The Morgan fingerprint density at radius 3 is 2.92 bits per heavy atom. The molecule has 2 aromatic rings. The normalized spacial score (nSPS) is 15.8. The first kappa shape index (κ1) is 16.6. The fraction of sp³-hybridized carbons (Fsp3) is 0.176. The van der Waals surface area contributed by atoms with Crippen LogP contribution in [0.25, 0.3) is 0 Å². The zero-order chi connectivity index (χ0) is 17.8. The summed E-state index contributed by atoms with van der Waals surface area (Å²) in [5, 5.41) is 13.8. The zero-order valence-corrected chi connectivity index (χ0v) is 13.3. The molecule has 1 aliphatic carbocycles. The fourth-order valence-electron chi connectivity index (χ4n) is 2.51. The summed E-state index contributed by atoms with van der Waals surface area (Å²) in [5.74, 6) is -0.462. The van der Waals surface area contributed by atoms with E-state index in [1.54, 1.807) is 6.20 Å². The van der Waals surface area contributed by atoms with E-state index in [2.05, 4.69) is 15.3 Å². The minimum atomic E-state index is -0.971. The standard InChI is InChI=1S/C17H15FN4O3/c1-25-16-9-12(18)15(22(23)24)10-14(16)21-17-19-8-7-13(20-17)11-5-3-2-4-6-11/h2-5,7-11H,6H2,1H3,(H,19,20,21). The third-order valence-corrected chi connectivity index (χ3v) is 3.75. The maximum Gasteiger partial charge on any atom is 0.307 e. The number of nitrogens with zero attached hydrogens (tertiary/aromatic N) is 3. The van der Waals surface area contributed by atoms with Crippen LogP contribution in [0.4, 0.5) is 21.7 Å². The molecule has 0 fully saturated rings. The molecular weight excluding hydrogens is 327 g/mol. The van der Waals surface area contributed by atoms with Crippen LogP contribution in [0.5, 0.6) is 5.75 Å². The maximum absolute atomic E-state index is 13.7. The molecule has 1 atom stereocenters. The summed E-state index contributed by atoms with van der Waals surface area (Å²) in [4.78, 5) is 18.7. The Balaban J connectivity index is 1.92. The number of ether oxygens (including phenoxy) is 1. The average molecular weight is 342 g/mol. The number of benzene rings is 1. The van der Waals surface area contributed by atoms with Gasteiger partial charge < -0.3 is 10.1 Å². The second-order valence-electron chi connectivity index (χ2n) is 5.35. The van der Waals surface area contributed by atoms with Crippen LogP contribution in [-0.2, 0) is 0 Å². The summed E-state index contributed by atoms with van der Waals surface area (Å²) in [6.45, 7) is 0. The molecule has 0 radical (unpaired) electrons. The van der Waals surface area contributed by atoms with E-state index < -0.39 is 16.4 Å². The number of hydrogen-bond donors (Lipinski definition) is 1. The Bertz CT molecular complexity index is 867. The molecule has 1 aliphatic rings. The molecule has 7 nitrogen and oxygen atoms in total. The van der Waals surface area contributed by atoms with Crippen molar-refractivity contribution in [2.45, 2.75) is 12.3 Å². The highest BCUT2D eigenvalue weighted by Crippen LogP contribution is 2.33. The highest BCUT2D eigenvalue weighted by Gasteiger charge is 2.20. The van der Waals surface area contributed by atoms with E-state index >= 15 is 0 Å². The maximum atomic E-state index is 13.7. The smallest absolute Gasteiger partial charge is 0.307 e. The highest BCUT2D eigenvalue weighted by atomic mass is 19.1. The van der Waals surface area contributed by atoms with E-state index in [0.29, 0.717) is 0 Å². The highest BCUT2D eigenvalue weighted by molar-refractivity contribution is 5.66. The van der Waals surface area contributed by atoms with Crippen molar-refractivity contribution in [3.8, 4) is 5.75 Å². The van der Waals surface area contributed by atoms with Crippen molar-refractivity contribution in [1.29, 1.82) is 0 Å². The van der Waals surface area contributed by atoms with Gasteiger partial charge >= 0.3 is 5.69 Å². The molecular formula is C17H15FN4O3. The molecule has 1 aromatic heterocycles. The quantitative estimate of drug-likeness (QED) is 0.655. The van der Waals surface area contributed by atoms with E-state index in [-0.39, 0.29) is 23.3 Å². The van der Waals surface area contributed by atoms with Gasteiger partial charge in [-0.1, -0.05) is 24.3 Å². The van der Waals surface area contributed by atoms with Crippen LogP contribution in [-0.4, -0.2) is 22.0 Å². The van der Waals surface area contributed by atoms with Crippen LogP contribution in [0.3, 0.4) is 0 Å². The summed E-state index contributed by atoms with van der Waals surface area (Å²) in [6.07, 6.45) is 10.4. The van der Waals surface area contributed by atoms with Gasteiger partial charge in [0.05, 0.1) is 23.4 Å².